The molecular formula is C25H36N2O. The Morgan fingerprint density at radius 2 is 1.54 bits per heavy atom. The number of methoxy groups -OCH3 is 1. The van der Waals surface area contributed by atoms with Crippen LogP contribution in [-0.2, 0) is 6.42 Å². The summed E-state index contributed by atoms with van der Waals surface area (Å²) in [6.07, 6.45) is 15.1. The van der Waals surface area contributed by atoms with Gasteiger partial charge in [0, 0.05) is 5.56 Å². The van der Waals surface area contributed by atoms with Gasteiger partial charge in [0.2, 0.25) is 0 Å². The molecule has 1 heterocycles. The Labute approximate surface area is 170 Å². The summed E-state index contributed by atoms with van der Waals surface area (Å²) in [6, 6.07) is 12.2. The minimum atomic E-state index is 0.865. The second-order valence-corrected chi connectivity index (χ2v) is 8.41. The molecule has 0 aliphatic heterocycles. The minimum absolute atomic E-state index is 0.865. The predicted molar refractivity (Wildman–Crippen MR) is 117 cm³/mol. The molecule has 28 heavy (non-hydrogen) atoms. The lowest BCUT2D eigenvalue weighted by atomic mass is 9.78. The Kier molecular flexibility index (Phi) is 8.32. The van der Waals surface area contributed by atoms with E-state index in [-0.39, 0.29) is 0 Å². The predicted octanol–water partition coefficient (Wildman–Crippen LogP) is 6.86. The third kappa shape index (κ3) is 6.32. The van der Waals surface area contributed by atoms with Crippen LogP contribution in [0, 0.1) is 11.8 Å². The highest BCUT2D eigenvalue weighted by molar-refractivity contribution is 5.59. The Bertz CT molecular complexity index is 673. The summed E-state index contributed by atoms with van der Waals surface area (Å²) in [5, 5.41) is 8.91. The molecule has 0 atom stereocenters. The first-order valence-electron chi connectivity index (χ1n) is 11.3. The first-order chi connectivity index (χ1) is 13.8. The summed E-state index contributed by atoms with van der Waals surface area (Å²) in [6.45, 7) is 2.29. The molecule has 1 saturated carbocycles. The molecule has 0 N–H and O–H groups in total. The van der Waals surface area contributed by atoms with E-state index >= 15 is 0 Å². The third-order valence-corrected chi connectivity index (χ3v) is 6.35. The molecule has 0 radical (unpaired) electrons. The molecule has 0 unspecified atom stereocenters. The highest BCUT2D eigenvalue weighted by atomic mass is 16.5. The maximum Gasteiger partial charge on any atom is 0.118 e. The summed E-state index contributed by atoms with van der Waals surface area (Å²) < 4.78 is 5.21. The molecule has 0 amide bonds. The van der Waals surface area contributed by atoms with E-state index in [1.165, 1.54) is 64.2 Å². The lowest BCUT2D eigenvalue weighted by molar-refractivity contribution is 0.248. The Hall–Kier alpha value is -1.90. The van der Waals surface area contributed by atoms with Crippen molar-refractivity contribution < 1.29 is 4.74 Å². The van der Waals surface area contributed by atoms with Crippen molar-refractivity contribution in [3.63, 3.8) is 0 Å². The summed E-state index contributed by atoms with van der Waals surface area (Å²) in [5.41, 5.74) is 3.13. The molecule has 1 aliphatic rings. The number of hydrogen-bond donors (Lipinski definition) is 0. The topological polar surface area (TPSA) is 35.0 Å². The number of nitrogens with zero attached hydrogens (tertiary/aromatic N) is 2. The number of aromatic nitrogens is 2. The molecule has 1 aliphatic carbocycles. The zero-order chi connectivity index (χ0) is 19.6. The Morgan fingerprint density at radius 3 is 2.14 bits per heavy atom. The van der Waals surface area contributed by atoms with E-state index in [2.05, 4.69) is 29.3 Å². The Balaban J connectivity index is 1.39. The molecular weight excluding hydrogens is 344 g/mol. The van der Waals surface area contributed by atoms with Gasteiger partial charge >= 0.3 is 0 Å². The Morgan fingerprint density at radius 1 is 0.821 bits per heavy atom. The molecule has 1 aromatic heterocycles. The minimum Gasteiger partial charge on any atom is -0.497 e. The second kappa shape index (κ2) is 11.2. The highest BCUT2D eigenvalue weighted by Gasteiger charge is 2.20. The van der Waals surface area contributed by atoms with Crippen LogP contribution in [0.25, 0.3) is 11.3 Å². The first-order valence-corrected chi connectivity index (χ1v) is 11.3. The van der Waals surface area contributed by atoms with E-state index in [4.69, 9.17) is 4.74 Å². The average Bonchev–Trinajstić information content (AvgIpc) is 2.76. The third-order valence-electron chi connectivity index (χ3n) is 6.35. The van der Waals surface area contributed by atoms with Crippen molar-refractivity contribution in [2.24, 2.45) is 11.8 Å². The van der Waals surface area contributed by atoms with Gasteiger partial charge in [0.1, 0.15) is 5.75 Å². The van der Waals surface area contributed by atoms with E-state index in [1.807, 2.05) is 24.3 Å². The van der Waals surface area contributed by atoms with Gasteiger partial charge in [-0.05, 0) is 61.1 Å². The molecule has 3 nitrogen and oxygen atoms in total. The number of rotatable bonds is 10. The van der Waals surface area contributed by atoms with Crippen molar-refractivity contribution in [2.45, 2.75) is 77.6 Å². The monoisotopic (exact) mass is 380 g/mol. The lowest BCUT2D eigenvalue weighted by Gasteiger charge is -2.28. The smallest absolute Gasteiger partial charge is 0.118 e. The molecule has 0 saturated heterocycles. The summed E-state index contributed by atoms with van der Waals surface area (Å²) >= 11 is 0. The summed E-state index contributed by atoms with van der Waals surface area (Å²) in [5.74, 6) is 2.75. The van der Waals surface area contributed by atoms with Crippen molar-refractivity contribution in [1.82, 2.24) is 10.2 Å². The van der Waals surface area contributed by atoms with Crippen LogP contribution in [0.2, 0.25) is 0 Å². The van der Waals surface area contributed by atoms with Gasteiger partial charge in [0.05, 0.1) is 18.5 Å². The van der Waals surface area contributed by atoms with Crippen LogP contribution in [0.3, 0.4) is 0 Å². The number of ether oxygens (including phenoxy) is 1. The highest BCUT2D eigenvalue weighted by Crippen LogP contribution is 2.34. The van der Waals surface area contributed by atoms with Crippen LogP contribution in [-0.4, -0.2) is 17.3 Å². The lowest BCUT2D eigenvalue weighted by Crippen LogP contribution is -2.15. The van der Waals surface area contributed by atoms with E-state index in [0.29, 0.717) is 0 Å². The molecule has 1 aromatic carbocycles. The summed E-state index contributed by atoms with van der Waals surface area (Å²) in [4.78, 5) is 0. The number of aryl methyl sites for hydroxylation is 1. The van der Waals surface area contributed by atoms with Gasteiger partial charge < -0.3 is 4.74 Å². The molecule has 152 valence electrons. The van der Waals surface area contributed by atoms with E-state index < -0.39 is 0 Å². The van der Waals surface area contributed by atoms with Crippen molar-refractivity contribution in [1.29, 1.82) is 0 Å². The molecule has 0 spiro atoms. The van der Waals surface area contributed by atoms with Crippen LogP contribution < -0.4 is 4.74 Å². The van der Waals surface area contributed by atoms with Crippen LogP contribution in [0.1, 0.15) is 76.8 Å². The maximum atomic E-state index is 5.21. The molecule has 0 bridgehead atoms. The number of hydrogen-bond acceptors (Lipinski definition) is 3. The fourth-order valence-corrected chi connectivity index (χ4v) is 4.43. The van der Waals surface area contributed by atoms with Crippen molar-refractivity contribution in [3.05, 3.63) is 42.1 Å². The fourth-order valence-electron chi connectivity index (χ4n) is 4.43. The zero-order valence-corrected chi connectivity index (χ0v) is 17.7. The van der Waals surface area contributed by atoms with E-state index in [0.717, 1.165) is 41.0 Å². The standard InChI is InChI=1S/C25H36N2O/c1-3-4-5-6-7-20-8-10-21(11-9-20)12-15-23-16-19-25(27-26-23)22-13-17-24(28-2)18-14-22/h13-14,16-21H,3-12,15H2,1-2H3. The van der Waals surface area contributed by atoms with Crippen LogP contribution in [0.15, 0.2) is 36.4 Å². The molecule has 3 heteroatoms. The van der Waals surface area contributed by atoms with Gasteiger partial charge in [-0.1, -0.05) is 64.7 Å². The molecule has 3 rings (SSSR count). The van der Waals surface area contributed by atoms with Gasteiger partial charge in [-0.15, -0.1) is 0 Å². The van der Waals surface area contributed by atoms with E-state index in [1.54, 1.807) is 7.11 Å². The van der Waals surface area contributed by atoms with Crippen molar-refractivity contribution in [2.75, 3.05) is 7.11 Å². The van der Waals surface area contributed by atoms with Crippen LogP contribution >= 0.6 is 0 Å². The largest absolute Gasteiger partial charge is 0.497 e. The second-order valence-electron chi connectivity index (χ2n) is 8.41. The SMILES string of the molecule is CCCCCCC1CCC(CCc2ccc(-c3ccc(OC)cc3)nn2)CC1. The number of benzene rings is 1. The van der Waals surface area contributed by atoms with E-state index in [9.17, 15) is 0 Å². The quantitative estimate of drug-likeness (QED) is 0.422. The fraction of sp³-hybridized carbons (Fsp3) is 0.600. The number of unbranched alkanes of at least 4 members (excludes halogenated alkanes) is 3. The van der Waals surface area contributed by atoms with Gasteiger partial charge in [-0.2, -0.15) is 10.2 Å². The zero-order valence-electron chi connectivity index (χ0n) is 17.7. The van der Waals surface area contributed by atoms with Gasteiger partial charge in [-0.3, -0.25) is 0 Å². The summed E-state index contributed by atoms with van der Waals surface area (Å²) in [7, 11) is 1.68. The van der Waals surface area contributed by atoms with Crippen molar-refractivity contribution >= 4 is 0 Å². The first kappa shape index (κ1) is 20.8. The van der Waals surface area contributed by atoms with Gasteiger partial charge in [0.15, 0.2) is 0 Å². The molecule has 2 aromatic rings. The molecule has 1 fully saturated rings. The van der Waals surface area contributed by atoms with Crippen molar-refractivity contribution in [3.8, 4) is 17.0 Å². The van der Waals surface area contributed by atoms with Crippen LogP contribution in [0.5, 0.6) is 5.75 Å². The average molecular weight is 381 g/mol. The maximum absolute atomic E-state index is 5.21. The van der Waals surface area contributed by atoms with Crippen LogP contribution in [0.4, 0.5) is 0 Å². The normalized spacial score (nSPS) is 19.5. The van der Waals surface area contributed by atoms with Gasteiger partial charge in [0.25, 0.3) is 0 Å². The van der Waals surface area contributed by atoms with Gasteiger partial charge in [-0.25, -0.2) is 0 Å².